The Morgan fingerprint density at radius 1 is 1.40 bits per heavy atom. The predicted molar refractivity (Wildman–Crippen MR) is 76.4 cm³/mol. The van der Waals surface area contributed by atoms with E-state index < -0.39 is 17.8 Å². The lowest BCUT2D eigenvalue weighted by molar-refractivity contribution is -0.151. The van der Waals surface area contributed by atoms with Gasteiger partial charge in [0.1, 0.15) is 11.9 Å². The fourth-order valence-electron chi connectivity index (χ4n) is 1.59. The lowest BCUT2D eigenvalue weighted by Crippen LogP contribution is -2.39. The first-order valence-corrected chi connectivity index (χ1v) is 6.77. The van der Waals surface area contributed by atoms with Crippen LogP contribution < -0.4 is 0 Å². The van der Waals surface area contributed by atoms with Crippen LogP contribution >= 0.6 is 0 Å². The summed E-state index contributed by atoms with van der Waals surface area (Å²) in [5.74, 6) is -0.890. The van der Waals surface area contributed by atoms with Gasteiger partial charge in [-0.2, -0.15) is 0 Å². The predicted octanol–water partition coefficient (Wildman–Crippen LogP) is 3.20. The first kappa shape index (κ1) is 18.4. The molecule has 0 spiro atoms. The topological polar surface area (TPSA) is 46.6 Å². The van der Waals surface area contributed by atoms with E-state index in [4.69, 9.17) is 4.74 Å². The minimum absolute atomic E-state index is 0.172. The highest BCUT2D eigenvalue weighted by molar-refractivity contribution is 5.78. The first-order chi connectivity index (χ1) is 9.37. The van der Waals surface area contributed by atoms with Gasteiger partial charge in [0.2, 0.25) is 6.41 Å². The van der Waals surface area contributed by atoms with Crippen molar-refractivity contribution >= 4 is 12.4 Å². The molecule has 0 radical (unpaired) electrons. The highest BCUT2D eigenvalue weighted by Gasteiger charge is 2.26. The van der Waals surface area contributed by atoms with Gasteiger partial charge < -0.3 is 9.64 Å². The van der Waals surface area contributed by atoms with Gasteiger partial charge in [-0.15, -0.1) is 0 Å². The molecule has 1 unspecified atom stereocenters. The second kappa shape index (κ2) is 9.28. The van der Waals surface area contributed by atoms with Crippen LogP contribution in [0.2, 0.25) is 0 Å². The van der Waals surface area contributed by atoms with Crippen molar-refractivity contribution in [1.82, 2.24) is 4.90 Å². The molecule has 4 nitrogen and oxygen atoms in total. The van der Waals surface area contributed by atoms with E-state index in [1.54, 1.807) is 26.8 Å². The molecule has 0 bridgehead atoms. The second-order valence-corrected chi connectivity index (χ2v) is 4.90. The zero-order valence-electron chi connectivity index (χ0n) is 12.9. The van der Waals surface area contributed by atoms with Crippen molar-refractivity contribution in [3.63, 3.8) is 0 Å². The number of carbonyl (C=O) groups is 2. The van der Waals surface area contributed by atoms with Crippen molar-refractivity contribution in [2.75, 3.05) is 6.61 Å². The van der Waals surface area contributed by atoms with Crippen LogP contribution in [0.3, 0.4) is 0 Å². The lowest BCUT2D eigenvalue weighted by atomic mass is 10.0. The van der Waals surface area contributed by atoms with E-state index in [0.29, 0.717) is 18.4 Å². The molecule has 0 aromatic carbocycles. The van der Waals surface area contributed by atoms with Gasteiger partial charge in [0.05, 0.1) is 6.61 Å². The Bertz CT molecular complexity index is 389. The maximum Gasteiger partial charge on any atom is 0.329 e. The molecule has 0 aliphatic heterocycles. The Balaban J connectivity index is 5.27. The molecule has 0 saturated heterocycles. The molecule has 0 N–H and O–H groups in total. The Labute approximate surface area is 120 Å². The highest BCUT2D eigenvalue weighted by atomic mass is 19.1. The van der Waals surface area contributed by atoms with Gasteiger partial charge in [0.15, 0.2) is 0 Å². The van der Waals surface area contributed by atoms with Gasteiger partial charge in [-0.1, -0.05) is 19.9 Å². The monoisotopic (exact) mass is 285 g/mol. The lowest BCUT2D eigenvalue weighted by Gasteiger charge is -2.25. The van der Waals surface area contributed by atoms with E-state index in [1.165, 1.54) is 0 Å². The Hall–Kier alpha value is -1.65. The van der Waals surface area contributed by atoms with E-state index in [-0.39, 0.29) is 12.5 Å². The molecule has 0 fully saturated rings. The van der Waals surface area contributed by atoms with Gasteiger partial charge >= 0.3 is 5.97 Å². The Morgan fingerprint density at radius 2 is 2.00 bits per heavy atom. The summed E-state index contributed by atoms with van der Waals surface area (Å²) in [6, 6.07) is -0.803. The van der Waals surface area contributed by atoms with Crippen molar-refractivity contribution in [3.8, 4) is 0 Å². The van der Waals surface area contributed by atoms with E-state index in [9.17, 15) is 14.0 Å². The van der Waals surface area contributed by atoms with E-state index in [2.05, 4.69) is 0 Å². The third kappa shape index (κ3) is 5.99. The van der Waals surface area contributed by atoms with Crippen molar-refractivity contribution in [3.05, 3.63) is 23.7 Å². The number of carbonyl (C=O) groups excluding carboxylic acids is 2. The van der Waals surface area contributed by atoms with E-state index in [0.717, 1.165) is 11.1 Å². The van der Waals surface area contributed by atoms with Crippen LogP contribution in [-0.2, 0) is 14.3 Å². The fourth-order valence-corrected chi connectivity index (χ4v) is 1.59. The summed E-state index contributed by atoms with van der Waals surface area (Å²) in [4.78, 5) is 24.1. The number of allylic oxidation sites excluding steroid dienone is 3. The summed E-state index contributed by atoms with van der Waals surface area (Å²) in [5, 5.41) is 0. The third-order valence-corrected chi connectivity index (χ3v) is 2.81. The molecular formula is C15H24FNO3. The standard InChI is InChI=1S/C15H24FNO3/c1-6-12(5)13(16)9-17(10-18)14(8-11(3)4)15(19)20-7-2/h6,9-11,14H,7-8H2,1-5H3/b12-6-,13-9+. The van der Waals surface area contributed by atoms with Crippen molar-refractivity contribution < 1.29 is 18.7 Å². The number of rotatable bonds is 8. The Morgan fingerprint density at radius 3 is 2.40 bits per heavy atom. The summed E-state index contributed by atoms with van der Waals surface area (Å²) in [7, 11) is 0. The fraction of sp³-hybridized carbons (Fsp3) is 0.600. The maximum absolute atomic E-state index is 13.8. The van der Waals surface area contributed by atoms with Gasteiger partial charge in [0, 0.05) is 6.20 Å². The van der Waals surface area contributed by atoms with Crippen molar-refractivity contribution in [2.45, 2.75) is 47.1 Å². The summed E-state index contributed by atoms with van der Waals surface area (Å²) >= 11 is 0. The largest absolute Gasteiger partial charge is 0.464 e. The van der Waals surface area contributed by atoms with Crippen LogP contribution in [-0.4, -0.2) is 29.9 Å². The molecular weight excluding hydrogens is 261 g/mol. The number of nitrogens with zero attached hydrogens (tertiary/aromatic N) is 1. The first-order valence-electron chi connectivity index (χ1n) is 6.77. The smallest absolute Gasteiger partial charge is 0.329 e. The van der Waals surface area contributed by atoms with Crippen LogP contribution in [0.4, 0.5) is 4.39 Å². The van der Waals surface area contributed by atoms with Crippen LogP contribution in [0, 0.1) is 5.92 Å². The normalized spacial score (nSPS) is 14.2. The summed E-state index contributed by atoms with van der Waals surface area (Å²) < 4.78 is 18.8. The molecule has 5 heteroatoms. The molecule has 0 aliphatic rings. The number of ether oxygens (including phenoxy) is 1. The van der Waals surface area contributed by atoms with Crippen molar-refractivity contribution in [1.29, 1.82) is 0 Å². The summed E-state index contributed by atoms with van der Waals surface area (Å²) in [6.45, 7) is 9.05. The molecule has 20 heavy (non-hydrogen) atoms. The zero-order valence-corrected chi connectivity index (χ0v) is 12.9. The third-order valence-electron chi connectivity index (χ3n) is 2.81. The molecule has 0 rings (SSSR count). The molecule has 1 atom stereocenters. The number of halogens is 1. The average Bonchev–Trinajstić information content (AvgIpc) is 2.41. The van der Waals surface area contributed by atoms with Crippen molar-refractivity contribution in [2.24, 2.45) is 5.92 Å². The van der Waals surface area contributed by atoms with Crippen LogP contribution in [0.25, 0.3) is 0 Å². The maximum atomic E-state index is 13.8. The molecule has 1 amide bonds. The second-order valence-electron chi connectivity index (χ2n) is 4.90. The quantitative estimate of drug-likeness (QED) is 0.391. The van der Waals surface area contributed by atoms with Crippen LogP contribution in [0.5, 0.6) is 0 Å². The molecule has 0 aromatic rings. The van der Waals surface area contributed by atoms with Crippen LogP contribution in [0.15, 0.2) is 23.7 Å². The highest BCUT2D eigenvalue weighted by Crippen LogP contribution is 2.17. The molecule has 114 valence electrons. The molecule has 0 heterocycles. The molecule has 0 saturated carbocycles. The number of hydrogen-bond donors (Lipinski definition) is 0. The molecule has 0 aromatic heterocycles. The summed E-state index contributed by atoms with van der Waals surface area (Å²) in [6.07, 6.45) is 3.51. The number of amides is 1. The van der Waals surface area contributed by atoms with Gasteiger partial charge in [-0.05, 0) is 38.7 Å². The van der Waals surface area contributed by atoms with Gasteiger partial charge in [-0.3, -0.25) is 4.79 Å². The average molecular weight is 285 g/mol. The van der Waals surface area contributed by atoms with Crippen LogP contribution in [0.1, 0.15) is 41.0 Å². The zero-order chi connectivity index (χ0) is 15.7. The minimum Gasteiger partial charge on any atom is -0.464 e. The van der Waals surface area contributed by atoms with E-state index >= 15 is 0 Å². The van der Waals surface area contributed by atoms with E-state index in [1.807, 2.05) is 13.8 Å². The summed E-state index contributed by atoms with van der Waals surface area (Å²) in [5.41, 5.74) is 0.406. The minimum atomic E-state index is -0.803. The molecule has 0 aliphatic carbocycles. The Kier molecular flexibility index (Phi) is 8.52. The number of hydrogen-bond acceptors (Lipinski definition) is 3. The van der Waals surface area contributed by atoms with Gasteiger partial charge in [-0.25, -0.2) is 9.18 Å². The van der Waals surface area contributed by atoms with Gasteiger partial charge in [0.25, 0.3) is 0 Å². The number of esters is 1. The SMILES string of the molecule is C/C=C(C)\C(F)=C/N(C=O)C(CC(C)C)C(=O)OCC.